The average molecular weight is 211 g/mol. The van der Waals surface area contributed by atoms with Crippen LogP contribution in [0.4, 0.5) is 0 Å². The normalized spacial score (nSPS) is 14.4. The molecule has 1 aliphatic heterocycles. The minimum Gasteiger partial charge on any atom is -0.383 e. The molecule has 0 spiro atoms. The van der Waals surface area contributed by atoms with Gasteiger partial charge in [-0.05, 0) is 17.7 Å². The molecule has 0 fully saturated rings. The van der Waals surface area contributed by atoms with Crippen molar-refractivity contribution in [3.05, 3.63) is 59.4 Å². The molecule has 0 bridgehead atoms. The van der Waals surface area contributed by atoms with Gasteiger partial charge in [-0.15, -0.1) is 0 Å². The molecule has 16 heavy (non-hydrogen) atoms. The third-order valence-corrected chi connectivity index (χ3v) is 2.97. The molecule has 3 rings (SSSR count). The molecule has 1 aromatic heterocycles. The fraction of sp³-hybridized carbons (Fsp3) is 0.154. The minimum atomic E-state index is 0.642. The number of benzene rings is 1. The van der Waals surface area contributed by atoms with Crippen molar-refractivity contribution < 1.29 is 0 Å². The highest BCUT2D eigenvalue weighted by molar-refractivity contribution is 5.98. The second-order valence-corrected chi connectivity index (χ2v) is 3.99. The number of fused-ring (bicyclic) bond motifs is 2. The Labute approximate surface area is 94.2 Å². The molecule has 80 valence electrons. The van der Waals surface area contributed by atoms with E-state index in [9.17, 15) is 0 Å². The molecule has 1 aromatic carbocycles. The van der Waals surface area contributed by atoms with Crippen molar-refractivity contribution in [2.24, 2.45) is 10.7 Å². The lowest BCUT2D eigenvalue weighted by atomic mass is 10.1. The lowest BCUT2D eigenvalue weighted by Crippen LogP contribution is -2.19. The van der Waals surface area contributed by atoms with Crippen LogP contribution in [-0.4, -0.2) is 10.4 Å². The Balaban J connectivity index is 2.18. The molecular weight excluding hydrogens is 198 g/mol. The summed E-state index contributed by atoms with van der Waals surface area (Å²) < 4.78 is 2.22. The van der Waals surface area contributed by atoms with Crippen LogP contribution in [-0.2, 0) is 13.1 Å². The molecule has 3 heteroatoms. The van der Waals surface area contributed by atoms with Crippen LogP contribution in [0.1, 0.15) is 16.8 Å². The monoisotopic (exact) mass is 211 g/mol. The average Bonchev–Trinajstić information content (AvgIpc) is 2.72. The Morgan fingerprint density at radius 1 is 1.12 bits per heavy atom. The van der Waals surface area contributed by atoms with Crippen molar-refractivity contribution >= 4 is 5.84 Å². The van der Waals surface area contributed by atoms with Crippen LogP contribution >= 0.6 is 0 Å². The second-order valence-electron chi connectivity index (χ2n) is 3.99. The van der Waals surface area contributed by atoms with Crippen LogP contribution in [0.3, 0.4) is 0 Å². The maximum atomic E-state index is 5.98. The van der Waals surface area contributed by atoms with Crippen LogP contribution in [0.25, 0.3) is 0 Å². The maximum Gasteiger partial charge on any atom is 0.126 e. The Kier molecular flexibility index (Phi) is 2.03. The SMILES string of the molecule is NC1=NCc2cccn2Cc2ccccc21. The summed E-state index contributed by atoms with van der Waals surface area (Å²) in [4.78, 5) is 4.41. The lowest BCUT2D eigenvalue weighted by molar-refractivity contribution is 0.737. The summed E-state index contributed by atoms with van der Waals surface area (Å²) in [6.07, 6.45) is 2.09. The molecule has 0 saturated carbocycles. The molecule has 3 nitrogen and oxygen atoms in total. The number of hydrogen-bond acceptors (Lipinski definition) is 2. The van der Waals surface area contributed by atoms with Gasteiger partial charge in [0.15, 0.2) is 0 Å². The highest BCUT2D eigenvalue weighted by atomic mass is 15.0. The number of nitrogens with zero attached hydrogens (tertiary/aromatic N) is 2. The van der Waals surface area contributed by atoms with E-state index in [1.807, 2.05) is 18.2 Å². The summed E-state index contributed by atoms with van der Waals surface area (Å²) in [5, 5.41) is 0. The van der Waals surface area contributed by atoms with Gasteiger partial charge in [-0.3, -0.25) is 4.99 Å². The quantitative estimate of drug-likeness (QED) is 0.709. The minimum absolute atomic E-state index is 0.642. The van der Waals surface area contributed by atoms with Crippen molar-refractivity contribution in [1.29, 1.82) is 0 Å². The maximum absolute atomic E-state index is 5.98. The number of hydrogen-bond donors (Lipinski definition) is 1. The van der Waals surface area contributed by atoms with E-state index < -0.39 is 0 Å². The van der Waals surface area contributed by atoms with Gasteiger partial charge in [0.05, 0.1) is 6.54 Å². The molecule has 0 atom stereocenters. The molecule has 2 aromatic rings. The first-order valence-corrected chi connectivity index (χ1v) is 5.37. The van der Waals surface area contributed by atoms with Gasteiger partial charge in [0.1, 0.15) is 5.84 Å². The summed E-state index contributed by atoms with van der Waals surface area (Å²) in [5.41, 5.74) is 9.47. The van der Waals surface area contributed by atoms with Gasteiger partial charge in [0.2, 0.25) is 0 Å². The number of aliphatic imine (C=N–C) groups is 1. The molecule has 0 radical (unpaired) electrons. The number of amidine groups is 1. The van der Waals surface area contributed by atoms with Crippen LogP contribution in [0, 0.1) is 0 Å². The topological polar surface area (TPSA) is 43.3 Å². The first-order chi connectivity index (χ1) is 7.84. The zero-order valence-electron chi connectivity index (χ0n) is 8.93. The van der Waals surface area contributed by atoms with E-state index in [4.69, 9.17) is 5.73 Å². The van der Waals surface area contributed by atoms with Crippen LogP contribution in [0.5, 0.6) is 0 Å². The Bertz CT molecular complexity index is 552. The lowest BCUT2D eigenvalue weighted by Gasteiger charge is -2.15. The van der Waals surface area contributed by atoms with E-state index in [1.54, 1.807) is 0 Å². The van der Waals surface area contributed by atoms with Gasteiger partial charge in [0.25, 0.3) is 0 Å². The Hall–Kier alpha value is -2.03. The van der Waals surface area contributed by atoms with E-state index in [0.29, 0.717) is 12.4 Å². The zero-order chi connectivity index (χ0) is 11.0. The van der Waals surface area contributed by atoms with Gasteiger partial charge in [-0.25, -0.2) is 0 Å². The summed E-state index contributed by atoms with van der Waals surface area (Å²) in [7, 11) is 0. The van der Waals surface area contributed by atoms with Gasteiger partial charge < -0.3 is 10.3 Å². The van der Waals surface area contributed by atoms with E-state index in [0.717, 1.165) is 12.1 Å². The van der Waals surface area contributed by atoms with E-state index in [-0.39, 0.29) is 0 Å². The molecule has 0 saturated heterocycles. The van der Waals surface area contributed by atoms with Crippen molar-refractivity contribution in [1.82, 2.24) is 4.57 Å². The second kappa shape index (κ2) is 3.52. The third-order valence-electron chi connectivity index (χ3n) is 2.97. The predicted octanol–water partition coefficient (Wildman–Crippen LogP) is 1.76. The first-order valence-electron chi connectivity index (χ1n) is 5.37. The van der Waals surface area contributed by atoms with Gasteiger partial charge in [-0.2, -0.15) is 0 Å². The van der Waals surface area contributed by atoms with Crippen LogP contribution in [0.2, 0.25) is 0 Å². The number of aromatic nitrogens is 1. The fourth-order valence-electron chi connectivity index (χ4n) is 2.09. The number of nitrogens with two attached hydrogens (primary N) is 1. The fourth-order valence-corrected chi connectivity index (χ4v) is 2.09. The van der Waals surface area contributed by atoms with Gasteiger partial charge in [-0.1, -0.05) is 24.3 Å². The molecular formula is C13H13N3. The Morgan fingerprint density at radius 2 is 2.00 bits per heavy atom. The molecule has 2 heterocycles. The summed E-state index contributed by atoms with van der Waals surface area (Å²) in [5.74, 6) is 0.642. The predicted molar refractivity (Wildman–Crippen MR) is 64.4 cm³/mol. The summed E-state index contributed by atoms with van der Waals surface area (Å²) in [6, 6.07) is 12.3. The van der Waals surface area contributed by atoms with E-state index >= 15 is 0 Å². The van der Waals surface area contributed by atoms with Crippen molar-refractivity contribution in [3.63, 3.8) is 0 Å². The van der Waals surface area contributed by atoms with Crippen molar-refractivity contribution in [3.8, 4) is 0 Å². The van der Waals surface area contributed by atoms with E-state index in [1.165, 1.54) is 11.3 Å². The summed E-state index contributed by atoms with van der Waals surface area (Å²) in [6.45, 7) is 1.53. The van der Waals surface area contributed by atoms with Crippen LogP contribution in [0.15, 0.2) is 47.6 Å². The molecule has 1 aliphatic rings. The third kappa shape index (κ3) is 1.41. The highest BCUT2D eigenvalue weighted by Gasteiger charge is 2.11. The smallest absolute Gasteiger partial charge is 0.126 e. The first kappa shape index (κ1) is 9.21. The van der Waals surface area contributed by atoms with Crippen molar-refractivity contribution in [2.45, 2.75) is 13.1 Å². The van der Waals surface area contributed by atoms with Crippen molar-refractivity contribution in [2.75, 3.05) is 0 Å². The van der Waals surface area contributed by atoms with E-state index in [2.05, 4.69) is 34.0 Å². The van der Waals surface area contributed by atoms with Gasteiger partial charge in [0, 0.05) is 24.0 Å². The molecule has 2 N–H and O–H groups in total. The number of rotatable bonds is 0. The largest absolute Gasteiger partial charge is 0.383 e. The zero-order valence-corrected chi connectivity index (χ0v) is 8.93. The van der Waals surface area contributed by atoms with Crippen LogP contribution < -0.4 is 5.73 Å². The Morgan fingerprint density at radius 3 is 2.94 bits per heavy atom. The standard InChI is InChI=1S/C13H13N3/c14-13-12-6-2-1-4-10(12)9-16-7-3-5-11(16)8-15-13/h1-7H,8-9H2,(H2,14,15). The molecule has 0 unspecified atom stereocenters. The molecule has 0 amide bonds. The highest BCUT2D eigenvalue weighted by Crippen LogP contribution is 2.16. The van der Waals surface area contributed by atoms with Gasteiger partial charge >= 0.3 is 0 Å². The summed E-state index contributed by atoms with van der Waals surface area (Å²) >= 11 is 0. The molecule has 0 aliphatic carbocycles.